The van der Waals surface area contributed by atoms with Gasteiger partial charge in [0.25, 0.3) is 5.91 Å². The Balaban J connectivity index is 1.92. The fourth-order valence-corrected chi connectivity index (χ4v) is 3.09. The number of amides is 1. The Morgan fingerprint density at radius 3 is 2.92 bits per heavy atom. The Bertz CT molecular complexity index is 943. The number of carbonyl (C=O) groups is 1. The Morgan fingerprint density at radius 1 is 1.46 bits per heavy atom. The molecular formula is C16H16FN5OS. The molecule has 0 unspecified atom stereocenters. The molecule has 0 spiro atoms. The van der Waals surface area contributed by atoms with E-state index in [1.807, 2.05) is 20.8 Å². The van der Waals surface area contributed by atoms with Crippen molar-refractivity contribution < 1.29 is 9.18 Å². The first-order valence-corrected chi connectivity index (χ1v) is 8.24. The van der Waals surface area contributed by atoms with E-state index in [-0.39, 0.29) is 11.0 Å². The largest absolute Gasteiger partial charge is 0.272 e. The van der Waals surface area contributed by atoms with Crippen LogP contribution in [0.4, 0.5) is 4.39 Å². The van der Waals surface area contributed by atoms with E-state index in [0.29, 0.717) is 22.6 Å². The van der Waals surface area contributed by atoms with Gasteiger partial charge in [0.15, 0.2) is 10.8 Å². The van der Waals surface area contributed by atoms with E-state index in [0.717, 1.165) is 28.1 Å². The standard InChI is InChI=1S/C16H16FN5OS/c1-4-22-15-14(10(3)21-22)12(7-9(2)19-15)16(23)20-18-8-11-5-6-13(17)24-11/h5-8H,4H2,1-3H3,(H,20,23)/b18-8+. The number of aryl methyl sites for hydroxylation is 3. The number of nitrogens with zero attached hydrogens (tertiary/aromatic N) is 4. The number of fused-ring (bicyclic) bond motifs is 1. The fraction of sp³-hybridized carbons (Fsp3) is 0.250. The van der Waals surface area contributed by atoms with Crippen LogP contribution >= 0.6 is 11.3 Å². The van der Waals surface area contributed by atoms with Crippen LogP contribution in [-0.4, -0.2) is 26.9 Å². The van der Waals surface area contributed by atoms with Gasteiger partial charge in [-0.3, -0.25) is 4.79 Å². The molecule has 3 aromatic rings. The van der Waals surface area contributed by atoms with Gasteiger partial charge in [-0.05, 0) is 39.0 Å². The van der Waals surface area contributed by atoms with Gasteiger partial charge in [0.2, 0.25) is 0 Å². The van der Waals surface area contributed by atoms with Crippen LogP contribution in [0.1, 0.15) is 33.5 Å². The van der Waals surface area contributed by atoms with Crippen molar-refractivity contribution in [1.82, 2.24) is 20.2 Å². The maximum Gasteiger partial charge on any atom is 0.272 e. The summed E-state index contributed by atoms with van der Waals surface area (Å²) in [6.07, 6.45) is 1.42. The van der Waals surface area contributed by atoms with Gasteiger partial charge in [-0.1, -0.05) is 0 Å². The van der Waals surface area contributed by atoms with Crippen LogP contribution in [0.25, 0.3) is 11.0 Å². The molecule has 0 saturated heterocycles. The number of halogens is 1. The molecule has 3 heterocycles. The highest BCUT2D eigenvalue weighted by molar-refractivity contribution is 7.12. The SMILES string of the molecule is CCn1nc(C)c2c(C(=O)N/N=C/c3ccc(F)s3)cc(C)nc21. The average Bonchev–Trinajstić information content (AvgIpc) is 3.10. The number of thiophene rings is 1. The maximum absolute atomic E-state index is 12.9. The van der Waals surface area contributed by atoms with Crippen LogP contribution in [0.15, 0.2) is 23.3 Å². The van der Waals surface area contributed by atoms with E-state index in [9.17, 15) is 9.18 Å². The van der Waals surface area contributed by atoms with E-state index in [2.05, 4.69) is 20.6 Å². The molecule has 0 saturated carbocycles. The summed E-state index contributed by atoms with van der Waals surface area (Å²) in [7, 11) is 0. The number of hydrogen-bond donors (Lipinski definition) is 1. The molecule has 1 N–H and O–H groups in total. The number of hydrazone groups is 1. The zero-order valence-electron chi connectivity index (χ0n) is 13.5. The van der Waals surface area contributed by atoms with Crippen molar-refractivity contribution in [2.24, 2.45) is 5.10 Å². The second-order valence-corrected chi connectivity index (χ2v) is 6.32. The molecule has 1 amide bonds. The van der Waals surface area contributed by atoms with Crippen molar-refractivity contribution in [3.05, 3.63) is 45.2 Å². The van der Waals surface area contributed by atoms with Gasteiger partial charge in [0, 0.05) is 12.2 Å². The Hall–Kier alpha value is -2.61. The van der Waals surface area contributed by atoms with Gasteiger partial charge >= 0.3 is 0 Å². The monoisotopic (exact) mass is 345 g/mol. The molecule has 0 fully saturated rings. The quantitative estimate of drug-likeness (QED) is 0.583. The van der Waals surface area contributed by atoms with Crippen molar-refractivity contribution in [1.29, 1.82) is 0 Å². The van der Waals surface area contributed by atoms with Crippen molar-refractivity contribution in [2.45, 2.75) is 27.3 Å². The lowest BCUT2D eigenvalue weighted by molar-refractivity contribution is 0.0956. The lowest BCUT2D eigenvalue weighted by Gasteiger charge is -2.05. The number of aromatic nitrogens is 3. The van der Waals surface area contributed by atoms with Crippen LogP contribution in [0.5, 0.6) is 0 Å². The molecule has 0 aliphatic carbocycles. The summed E-state index contributed by atoms with van der Waals surface area (Å²) in [5, 5.41) is 8.74. The second-order valence-electron chi connectivity index (χ2n) is 5.25. The average molecular weight is 345 g/mol. The Morgan fingerprint density at radius 2 is 2.25 bits per heavy atom. The Labute approximate surface area is 142 Å². The molecule has 8 heteroatoms. The summed E-state index contributed by atoms with van der Waals surface area (Å²) in [6.45, 7) is 6.32. The lowest BCUT2D eigenvalue weighted by atomic mass is 10.1. The third kappa shape index (κ3) is 3.05. The second kappa shape index (κ2) is 6.48. The molecule has 6 nitrogen and oxygen atoms in total. The first-order valence-electron chi connectivity index (χ1n) is 7.43. The lowest BCUT2D eigenvalue weighted by Crippen LogP contribution is -2.18. The van der Waals surface area contributed by atoms with Gasteiger partial charge in [-0.15, -0.1) is 11.3 Å². The van der Waals surface area contributed by atoms with Crippen LogP contribution in [-0.2, 0) is 6.54 Å². The minimum Gasteiger partial charge on any atom is -0.267 e. The zero-order valence-corrected chi connectivity index (χ0v) is 14.3. The van der Waals surface area contributed by atoms with E-state index in [1.165, 1.54) is 12.3 Å². The minimum atomic E-state index is -0.350. The minimum absolute atomic E-state index is 0.295. The molecular weight excluding hydrogens is 329 g/mol. The summed E-state index contributed by atoms with van der Waals surface area (Å²) in [5.74, 6) is -0.350. The van der Waals surface area contributed by atoms with Crippen molar-refractivity contribution in [3.8, 4) is 0 Å². The Kier molecular flexibility index (Phi) is 4.39. The summed E-state index contributed by atoms with van der Waals surface area (Å²) in [6, 6.07) is 4.67. The summed E-state index contributed by atoms with van der Waals surface area (Å²) in [5.41, 5.74) is 5.11. The van der Waals surface area contributed by atoms with Crippen molar-refractivity contribution >= 4 is 34.5 Å². The fourth-order valence-electron chi connectivity index (χ4n) is 2.49. The normalized spacial score (nSPS) is 11.5. The van der Waals surface area contributed by atoms with Crippen LogP contribution < -0.4 is 5.43 Å². The van der Waals surface area contributed by atoms with Crippen molar-refractivity contribution in [3.63, 3.8) is 0 Å². The first-order chi connectivity index (χ1) is 11.5. The molecule has 0 aliphatic rings. The van der Waals surface area contributed by atoms with E-state index < -0.39 is 0 Å². The number of nitrogens with one attached hydrogen (secondary N) is 1. The summed E-state index contributed by atoms with van der Waals surface area (Å²) in [4.78, 5) is 17.6. The molecule has 0 bridgehead atoms. The smallest absolute Gasteiger partial charge is 0.267 e. The first kappa shape index (κ1) is 16.3. The zero-order chi connectivity index (χ0) is 17.3. The van der Waals surface area contributed by atoms with Crippen LogP contribution in [0, 0.1) is 19.0 Å². The summed E-state index contributed by atoms with van der Waals surface area (Å²) >= 11 is 0.958. The molecule has 0 aliphatic heterocycles. The number of carbonyl (C=O) groups excluding carboxylic acids is 1. The molecule has 0 aromatic carbocycles. The molecule has 24 heavy (non-hydrogen) atoms. The van der Waals surface area contributed by atoms with Crippen LogP contribution in [0.3, 0.4) is 0 Å². The maximum atomic E-state index is 12.9. The van der Waals surface area contributed by atoms with E-state index in [4.69, 9.17) is 0 Å². The summed E-state index contributed by atoms with van der Waals surface area (Å²) < 4.78 is 14.7. The van der Waals surface area contributed by atoms with Gasteiger partial charge in [-0.2, -0.15) is 14.6 Å². The molecule has 3 rings (SSSR count). The molecule has 124 valence electrons. The van der Waals surface area contributed by atoms with Gasteiger partial charge < -0.3 is 0 Å². The topological polar surface area (TPSA) is 72.2 Å². The van der Waals surface area contributed by atoms with E-state index >= 15 is 0 Å². The van der Waals surface area contributed by atoms with E-state index in [1.54, 1.807) is 16.8 Å². The van der Waals surface area contributed by atoms with Gasteiger partial charge in [0.1, 0.15) is 0 Å². The molecule has 0 radical (unpaired) electrons. The number of pyridine rings is 1. The molecule has 0 atom stereocenters. The predicted octanol–water partition coefficient (Wildman–Crippen LogP) is 3.03. The third-order valence-electron chi connectivity index (χ3n) is 3.50. The van der Waals surface area contributed by atoms with Crippen LogP contribution in [0.2, 0.25) is 0 Å². The number of rotatable bonds is 4. The van der Waals surface area contributed by atoms with Gasteiger partial charge in [-0.25, -0.2) is 15.1 Å². The highest BCUT2D eigenvalue weighted by atomic mass is 32.1. The highest BCUT2D eigenvalue weighted by Crippen LogP contribution is 2.22. The highest BCUT2D eigenvalue weighted by Gasteiger charge is 2.18. The third-order valence-corrected chi connectivity index (χ3v) is 4.31. The molecule has 3 aromatic heterocycles. The predicted molar refractivity (Wildman–Crippen MR) is 92.0 cm³/mol. The van der Waals surface area contributed by atoms with Crippen molar-refractivity contribution in [2.75, 3.05) is 0 Å². The van der Waals surface area contributed by atoms with Gasteiger partial charge in [0.05, 0.1) is 27.7 Å². The number of hydrogen-bond acceptors (Lipinski definition) is 5.